The van der Waals surface area contributed by atoms with Gasteiger partial charge in [0.25, 0.3) is 0 Å². The molecule has 1 atom stereocenters. The van der Waals surface area contributed by atoms with Gasteiger partial charge in [-0.2, -0.15) is 0 Å². The minimum Gasteiger partial charge on any atom is -0.350 e. The molecule has 0 saturated carbocycles. The first-order valence-corrected chi connectivity index (χ1v) is 15.3. The van der Waals surface area contributed by atoms with Gasteiger partial charge in [-0.25, -0.2) is 12.8 Å². The lowest BCUT2D eigenvalue weighted by atomic mass is 10.0. The zero-order valence-electron chi connectivity index (χ0n) is 22.4. The van der Waals surface area contributed by atoms with Gasteiger partial charge in [0.1, 0.15) is 18.4 Å². The van der Waals surface area contributed by atoms with Gasteiger partial charge in [-0.15, -0.1) is 0 Å². The number of carbonyl (C=O) groups excluding carboxylic acids is 2. The largest absolute Gasteiger partial charge is 0.350 e. The fraction of sp³-hybridized carbons (Fsp3) is 0.310. The van der Waals surface area contributed by atoms with E-state index in [2.05, 4.69) is 27.9 Å². The molecular formula is C29H33FIN3O4S. The summed E-state index contributed by atoms with van der Waals surface area (Å²) in [5, 5.41) is 2.94. The molecule has 10 heteroatoms. The zero-order valence-corrected chi connectivity index (χ0v) is 25.4. The molecule has 39 heavy (non-hydrogen) atoms. The number of benzene rings is 3. The molecule has 0 unspecified atom stereocenters. The molecule has 3 aromatic carbocycles. The Balaban J connectivity index is 2.08. The third-order valence-electron chi connectivity index (χ3n) is 5.86. The molecule has 0 bridgehead atoms. The number of amides is 2. The van der Waals surface area contributed by atoms with Gasteiger partial charge < -0.3 is 10.2 Å². The summed E-state index contributed by atoms with van der Waals surface area (Å²) >= 11 is 2.11. The molecule has 3 rings (SSSR count). The Bertz CT molecular complexity index is 1390. The topological polar surface area (TPSA) is 86.8 Å². The predicted octanol–water partition coefficient (Wildman–Crippen LogP) is 4.75. The van der Waals surface area contributed by atoms with Gasteiger partial charge in [-0.1, -0.05) is 48.5 Å². The summed E-state index contributed by atoms with van der Waals surface area (Å²) in [6.45, 7) is 4.72. The number of nitrogens with one attached hydrogen (secondary N) is 1. The summed E-state index contributed by atoms with van der Waals surface area (Å²) < 4.78 is 42.3. The molecule has 1 N–H and O–H groups in total. The molecule has 3 aromatic rings. The Morgan fingerprint density at radius 3 is 2.10 bits per heavy atom. The van der Waals surface area contributed by atoms with Crippen LogP contribution in [0.5, 0.6) is 0 Å². The third-order valence-corrected chi connectivity index (χ3v) is 7.72. The SMILES string of the molecule is CC(C)(C)NC(=O)[C@H](Cc1ccccc1)N(Cc1ccccc1F)C(=O)CN(c1ccc(I)cc1)S(C)(=O)=O. The molecular weight excluding hydrogens is 632 g/mol. The minimum atomic E-state index is -3.87. The van der Waals surface area contributed by atoms with Gasteiger partial charge >= 0.3 is 0 Å². The first-order chi connectivity index (χ1) is 18.2. The lowest BCUT2D eigenvalue weighted by Gasteiger charge is -2.35. The van der Waals surface area contributed by atoms with Crippen molar-refractivity contribution < 1.29 is 22.4 Å². The quantitative estimate of drug-likeness (QED) is 0.317. The summed E-state index contributed by atoms with van der Waals surface area (Å²) in [6, 6.07) is 20.9. The lowest BCUT2D eigenvalue weighted by Crippen LogP contribution is -2.56. The molecule has 0 aliphatic rings. The van der Waals surface area contributed by atoms with Crippen molar-refractivity contribution in [3.63, 3.8) is 0 Å². The van der Waals surface area contributed by atoms with Crippen molar-refractivity contribution in [1.29, 1.82) is 0 Å². The Morgan fingerprint density at radius 1 is 0.949 bits per heavy atom. The number of rotatable bonds is 10. The van der Waals surface area contributed by atoms with E-state index in [1.807, 2.05) is 51.1 Å². The fourth-order valence-corrected chi connectivity index (χ4v) is 5.25. The van der Waals surface area contributed by atoms with Crippen LogP contribution in [0.15, 0.2) is 78.9 Å². The number of hydrogen-bond donors (Lipinski definition) is 1. The Kier molecular flexibility index (Phi) is 10.1. The maximum Gasteiger partial charge on any atom is 0.244 e. The van der Waals surface area contributed by atoms with Gasteiger partial charge in [-0.05, 0) is 79.3 Å². The Hall–Kier alpha value is -2.99. The second-order valence-corrected chi connectivity index (χ2v) is 13.5. The summed E-state index contributed by atoms with van der Waals surface area (Å²) in [5.41, 5.74) is 0.734. The van der Waals surface area contributed by atoms with Gasteiger partial charge in [0, 0.05) is 27.6 Å². The highest BCUT2D eigenvalue weighted by Gasteiger charge is 2.34. The zero-order chi connectivity index (χ0) is 28.8. The van der Waals surface area contributed by atoms with Crippen LogP contribution in [0.2, 0.25) is 0 Å². The molecule has 2 amide bonds. The fourth-order valence-electron chi connectivity index (χ4n) is 4.04. The number of sulfonamides is 1. The first kappa shape index (κ1) is 30.6. The van der Waals surface area contributed by atoms with Crippen molar-refractivity contribution in [2.45, 2.75) is 45.3 Å². The van der Waals surface area contributed by atoms with Gasteiger partial charge in [-0.3, -0.25) is 13.9 Å². The van der Waals surface area contributed by atoms with Crippen molar-refractivity contribution in [3.8, 4) is 0 Å². The van der Waals surface area contributed by atoms with Gasteiger partial charge in [0.15, 0.2) is 0 Å². The van der Waals surface area contributed by atoms with E-state index in [4.69, 9.17) is 0 Å². The van der Waals surface area contributed by atoms with Crippen LogP contribution in [0.3, 0.4) is 0 Å². The van der Waals surface area contributed by atoms with E-state index < -0.39 is 45.8 Å². The summed E-state index contributed by atoms with van der Waals surface area (Å²) in [6.07, 6.45) is 1.18. The lowest BCUT2D eigenvalue weighted by molar-refractivity contribution is -0.140. The van der Waals surface area contributed by atoms with Crippen LogP contribution in [0, 0.1) is 9.39 Å². The average Bonchev–Trinajstić information content (AvgIpc) is 2.85. The molecule has 0 aliphatic carbocycles. The van der Waals surface area contributed by atoms with Crippen molar-refractivity contribution in [3.05, 3.63) is 99.4 Å². The average molecular weight is 666 g/mol. The highest BCUT2D eigenvalue weighted by Crippen LogP contribution is 2.22. The molecule has 0 saturated heterocycles. The van der Waals surface area contributed by atoms with Crippen molar-refractivity contribution in [2.75, 3.05) is 17.1 Å². The molecule has 208 valence electrons. The second kappa shape index (κ2) is 12.9. The predicted molar refractivity (Wildman–Crippen MR) is 160 cm³/mol. The van der Waals surface area contributed by atoms with Crippen molar-refractivity contribution in [1.82, 2.24) is 10.2 Å². The van der Waals surface area contributed by atoms with E-state index in [-0.39, 0.29) is 18.5 Å². The molecule has 0 radical (unpaired) electrons. The highest BCUT2D eigenvalue weighted by molar-refractivity contribution is 14.1. The van der Waals surface area contributed by atoms with Crippen LogP contribution in [0.1, 0.15) is 31.9 Å². The van der Waals surface area contributed by atoms with E-state index >= 15 is 0 Å². The normalized spacial score (nSPS) is 12.5. The minimum absolute atomic E-state index is 0.158. The summed E-state index contributed by atoms with van der Waals surface area (Å²) in [5.74, 6) is -1.58. The maximum atomic E-state index is 14.8. The van der Waals surface area contributed by atoms with Crippen LogP contribution in [0.4, 0.5) is 10.1 Å². The van der Waals surface area contributed by atoms with Crippen LogP contribution in [0.25, 0.3) is 0 Å². The highest BCUT2D eigenvalue weighted by atomic mass is 127. The monoisotopic (exact) mass is 665 g/mol. The van der Waals surface area contributed by atoms with Gasteiger partial charge in [0.2, 0.25) is 21.8 Å². The molecule has 0 aliphatic heterocycles. The summed E-state index contributed by atoms with van der Waals surface area (Å²) in [4.78, 5) is 28.9. The number of halogens is 2. The van der Waals surface area contributed by atoms with E-state index in [1.54, 1.807) is 42.5 Å². The molecule has 7 nitrogen and oxygen atoms in total. The maximum absolute atomic E-state index is 14.8. The van der Waals surface area contributed by atoms with E-state index in [1.165, 1.54) is 11.0 Å². The molecule has 0 aromatic heterocycles. The van der Waals surface area contributed by atoms with E-state index in [0.717, 1.165) is 19.7 Å². The summed E-state index contributed by atoms with van der Waals surface area (Å²) in [7, 11) is -3.87. The Morgan fingerprint density at radius 2 is 1.54 bits per heavy atom. The number of carbonyl (C=O) groups is 2. The van der Waals surface area contributed by atoms with Crippen molar-refractivity contribution in [2.24, 2.45) is 0 Å². The standard InChI is InChI=1S/C29H33FIN3O4S/c1-29(2,3)32-28(36)26(18-21-10-6-5-7-11-21)33(19-22-12-8-9-13-25(22)30)27(35)20-34(39(4,37)38)24-16-14-23(31)15-17-24/h5-17,26H,18-20H2,1-4H3,(H,32,36)/t26-/m0/s1. The van der Waals surface area contributed by atoms with Crippen LogP contribution < -0.4 is 9.62 Å². The number of nitrogens with zero attached hydrogens (tertiary/aromatic N) is 2. The smallest absolute Gasteiger partial charge is 0.244 e. The van der Waals surface area contributed by atoms with Crippen LogP contribution in [-0.2, 0) is 32.6 Å². The molecule has 0 heterocycles. The van der Waals surface area contributed by atoms with Crippen LogP contribution >= 0.6 is 22.6 Å². The number of hydrogen-bond acceptors (Lipinski definition) is 4. The van der Waals surface area contributed by atoms with Gasteiger partial charge in [0.05, 0.1) is 11.9 Å². The van der Waals surface area contributed by atoms with E-state index in [9.17, 15) is 22.4 Å². The number of anilines is 1. The molecule has 0 fully saturated rings. The van der Waals surface area contributed by atoms with E-state index in [0.29, 0.717) is 5.69 Å². The molecule has 0 spiro atoms. The van der Waals surface area contributed by atoms with Crippen molar-refractivity contribution >= 4 is 50.1 Å². The van der Waals surface area contributed by atoms with Crippen LogP contribution in [-0.4, -0.2) is 49.5 Å². The second-order valence-electron chi connectivity index (χ2n) is 10.3. The first-order valence-electron chi connectivity index (χ1n) is 12.4. The Labute approximate surface area is 243 Å². The third kappa shape index (κ3) is 9.03.